The molecule has 3 aromatic rings. The first-order valence-corrected chi connectivity index (χ1v) is 9.85. The van der Waals surface area contributed by atoms with Gasteiger partial charge < -0.3 is 4.90 Å². The lowest BCUT2D eigenvalue weighted by Crippen LogP contribution is -2.46. The van der Waals surface area contributed by atoms with Crippen LogP contribution in [0, 0.1) is 5.51 Å². The molecule has 1 aliphatic rings. The third kappa shape index (κ3) is 3.81. The van der Waals surface area contributed by atoms with E-state index in [0.29, 0.717) is 26.2 Å². The molecule has 0 N–H and O–H groups in total. The van der Waals surface area contributed by atoms with E-state index in [0.717, 1.165) is 22.0 Å². The number of thiazole rings is 1. The zero-order valence-corrected chi connectivity index (χ0v) is 16.0. The van der Waals surface area contributed by atoms with Gasteiger partial charge >= 0.3 is 12.1 Å². The van der Waals surface area contributed by atoms with E-state index in [4.69, 9.17) is 0 Å². The molecule has 3 nitrogen and oxygen atoms in total. The standard InChI is InChI=1S/C20H17F5N3S/c21-19(22,20(23,24)25)15-5-2-1-4-14(15)12-27-8-10-28(11-9-27)16-6-3-7-17-18(16)26-13-29-17/h1-7H,8-12H2. The maximum absolute atomic E-state index is 13.9. The Balaban J connectivity index is 1.48. The van der Waals surface area contributed by atoms with Gasteiger partial charge in [-0.2, -0.15) is 22.0 Å². The van der Waals surface area contributed by atoms with Gasteiger partial charge in [0.2, 0.25) is 0 Å². The maximum atomic E-state index is 13.9. The van der Waals surface area contributed by atoms with Crippen molar-refractivity contribution in [2.45, 2.75) is 18.6 Å². The molecular weight excluding hydrogens is 409 g/mol. The van der Waals surface area contributed by atoms with Crippen molar-refractivity contribution in [1.82, 2.24) is 9.88 Å². The van der Waals surface area contributed by atoms with Gasteiger partial charge in [0.1, 0.15) is 5.52 Å². The summed E-state index contributed by atoms with van der Waals surface area (Å²) in [6, 6.07) is 10.8. The number of benzene rings is 2. The van der Waals surface area contributed by atoms with Crippen LogP contribution < -0.4 is 4.90 Å². The quantitative estimate of drug-likeness (QED) is 0.543. The first kappa shape index (κ1) is 20.0. The molecular formula is C20H17F5N3S. The number of fused-ring (bicyclic) bond motifs is 1. The molecule has 4 rings (SSSR count). The minimum Gasteiger partial charge on any atom is -0.367 e. The summed E-state index contributed by atoms with van der Waals surface area (Å²) >= 11 is 1.44. The molecule has 0 bridgehead atoms. The predicted molar refractivity (Wildman–Crippen MR) is 102 cm³/mol. The van der Waals surface area contributed by atoms with Crippen LogP contribution in [0.1, 0.15) is 11.1 Å². The number of para-hydroxylation sites is 1. The fourth-order valence-corrected chi connectivity index (χ4v) is 4.21. The van der Waals surface area contributed by atoms with Gasteiger partial charge in [0.15, 0.2) is 5.51 Å². The number of halogens is 5. The largest absolute Gasteiger partial charge is 0.458 e. The van der Waals surface area contributed by atoms with Crippen LogP contribution in [-0.2, 0) is 12.5 Å². The Morgan fingerprint density at radius 3 is 2.38 bits per heavy atom. The number of piperazine rings is 1. The molecule has 0 atom stereocenters. The van der Waals surface area contributed by atoms with E-state index in [1.165, 1.54) is 29.5 Å². The first-order valence-electron chi connectivity index (χ1n) is 9.03. The van der Waals surface area contributed by atoms with Gasteiger partial charge in [0.25, 0.3) is 0 Å². The highest BCUT2D eigenvalue weighted by atomic mass is 32.1. The summed E-state index contributed by atoms with van der Waals surface area (Å²) in [5.41, 5.74) is 3.77. The summed E-state index contributed by atoms with van der Waals surface area (Å²) in [6.07, 6.45) is -5.62. The number of nitrogens with zero attached hydrogens (tertiary/aromatic N) is 3. The predicted octanol–water partition coefficient (Wildman–Crippen LogP) is 5.07. The van der Waals surface area contributed by atoms with Gasteiger partial charge in [-0.3, -0.25) is 4.90 Å². The number of anilines is 1. The van der Waals surface area contributed by atoms with Crippen molar-refractivity contribution in [3.8, 4) is 0 Å². The number of alkyl halides is 5. The molecule has 1 aliphatic heterocycles. The normalized spacial score (nSPS) is 16.5. The van der Waals surface area contributed by atoms with Gasteiger partial charge in [0.05, 0.1) is 10.4 Å². The van der Waals surface area contributed by atoms with E-state index in [2.05, 4.69) is 15.4 Å². The van der Waals surface area contributed by atoms with Crippen LogP contribution >= 0.6 is 11.3 Å². The zero-order valence-electron chi connectivity index (χ0n) is 15.2. The maximum Gasteiger partial charge on any atom is 0.458 e. The minimum atomic E-state index is -5.62. The van der Waals surface area contributed by atoms with Crippen LogP contribution in [0.5, 0.6) is 0 Å². The smallest absolute Gasteiger partial charge is 0.367 e. The van der Waals surface area contributed by atoms with E-state index < -0.39 is 17.7 Å². The van der Waals surface area contributed by atoms with Crippen molar-refractivity contribution in [2.24, 2.45) is 0 Å². The molecule has 9 heteroatoms. The second kappa shape index (κ2) is 7.53. The average molecular weight is 426 g/mol. The summed E-state index contributed by atoms with van der Waals surface area (Å²) in [5.74, 6) is -4.87. The van der Waals surface area contributed by atoms with Crippen molar-refractivity contribution >= 4 is 27.2 Å². The second-order valence-electron chi connectivity index (χ2n) is 6.92. The SMILES string of the molecule is FC(F)(F)C(F)(F)c1ccccc1CN1CCN(c2cccc3s[c]nc23)CC1. The summed E-state index contributed by atoms with van der Waals surface area (Å²) in [6.45, 7) is 2.42. The Labute approximate surface area is 168 Å². The molecule has 2 heterocycles. The van der Waals surface area contributed by atoms with Crippen molar-refractivity contribution in [3.63, 3.8) is 0 Å². The monoisotopic (exact) mass is 426 g/mol. The van der Waals surface area contributed by atoms with Crippen molar-refractivity contribution in [3.05, 3.63) is 59.1 Å². The lowest BCUT2D eigenvalue weighted by Gasteiger charge is -2.36. The highest BCUT2D eigenvalue weighted by molar-refractivity contribution is 7.16. The Bertz CT molecular complexity index is 993. The highest BCUT2D eigenvalue weighted by Crippen LogP contribution is 2.45. The fraction of sp³-hybridized carbons (Fsp3) is 0.350. The van der Waals surface area contributed by atoms with Gasteiger partial charge in [-0.25, -0.2) is 4.98 Å². The van der Waals surface area contributed by atoms with Gasteiger partial charge in [0, 0.05) is 38.3 Å². The molecule has 0 amide bonds. The third-order valence-electron chi connectivity index (χ3n) is 5.11. The molecule has 0 unspecified atom stereocenters. The highest BCUT2D eigenvalue weighted by Gasteiger charge is 2.59. The molecule has 2 aromatic carbocycles. The third-order valence-corrected chi connectivity index (χ3v) is 5.84. The minimum absolute atomic E-state index is 0.000484. The van der Waals surface area contributed by atoms with E-state index in [1.807, 2.05) is 23.1 Å². The van der Waals surface area contributed by atoms with E-state index in [1.54, 1.807) is 0 Å². The zero-order chi connectivity index (χ0) is 20.6. The number of rotatable bonds is 4. The van der Waals surface area contributed by atoms with Crippen molar-refractivity contribution in [1.29, 1.82) is 0 Å². The van der Waals surface area contributed by atoms with Crippen molar-refractivity contribution < 1.29 is 22.0 Å². The molecule has 29 heavy (non-hydrogen) atoms. The summed E-state index contributed by atoms with van der Waals surface area (Å²) in [4.78, 5) is 8.34. The van der Waals surface area contributed by atoms with Gasteiger partial charge in [-0.05, 0) is 17.7 Å². The molecule has 153 valence electrons. The number of hydrogen-bond donors (Lipinski definition) is 0. The molecule has 0 saturated carbocycles. The van der Waals surface area contributed by atoms with Gasteiger partial charge in [-0.15, -0.1) is 11.3 Å². The Hall–Kier alpha value is -2.26. The second-order valence-corrected chi connectivity index (χ2v) is 7.75. The van der Waals surface area contributed by atoms with Crippen molar-refractivity contribution in [2.75, 3.05) is 31.1 Å². The number of hydrogen-bond acceptors (Lipinski definition) is 4. The molecule has 1 fully saturated rings. The Kier molecular flexibility index (Phi) is 5.20. The lowest BCUT2D eigenvalue weighted by atomic mass is 10.0. The Morgan fingerprint density at radius 1 is 0.931 bits per heavy atom. The first-order chi connectivity index (χ1) is 13.8. The van der Waals surface area contributed by atoms with E-state index >= 15 is 0 Å². The number of aromatic nitrogens is 1. The molecule has 0 aliphatic carbocycles. The summed E-state index contributed by atoms with van der Waals surface area (Å²) in [7, 11) is 0. The van der Waals surface area contributed by atoms with Crippen LogP contribution in [0.25, 0.3) is 10.2 Å². The van der Waals surface area contributed by atoms with Crippen LogP contribution in [0.4, 0.5) is 27.6 Å². The van der Waals surface area contributed by atoms with Crippen LogP contribution in [0.2, 0.25) is 0 Å². The topological polar surface area (TPSA) is 19.4 Å². The molecule has 0 spiro atoms. The Morgan fingerprint density at radius 2 is 1.66 bits per heavy atom. The lowest BCUT2D eigenvalue weighted by molar-refractivity contribution is -0.289. The fourth-order valence-electron chi connectivity index (χ4n) is 3.58. The molecule has 1 radical (unpaired) electrons. The summed E-state index contributed by atoms with van der Waals surface area (Å²) < 4.78 is 67.4. The molecule has 1 saturated heterocycles. The van der Waals surface area contributed by atoms with E-state index in [-0.39, 0.29) is 12.1 Å². The molecule has 1 aromatic heterocycles. The van der Waals surface area contributed by atoms with Crippen LogP contribution in [-0.4, -0.2) is 42.2 Å². The summed E-state index contributed by atoms with van der Waals surface area (Å²) in [5, 5.41) is 0. The van der Waals surface area contributed by atoms with Crippen LogP contribution in [0.3, 0.4) is 0 Å². The van der Waals surface area contributed by atoms with Gasteiger partial charge in [-0.1, -0.05) is 30.3 Å². The average Bonchev–Trinajstić information content (AvgIpc) is 3.17. The van der Waals surface area contributed by atoms with E-state index in [9.17, 15) is 22.0 Å². The van der Waals surface area contributed by atoms with Crippen LogP contribution in [0.15, 0.2) is 42.5 Å².